The number of ether oxygens (including phenoxy) is 2. The quantitative estimate of drug-likeness (QED) is 0.0510. The second-order valence-corrected chi connectivity index (χ2v) is 9.99. The van der Waals surface area contributed by atoms with E-state index in [2.05, 4.69) is 11.8 Å². The van der Waals surface area contributed by atoms with Gasteiger partial charge in [0, 0.05) is 6.42 Å². The molecule has 1 N–H and O–H groups in total. The SMILES string of the molecule is [C-]#[N+]C(C(=O)OCCc1ccc(OCCCCCCCCCCCCCCCCCC)cc1)=C(O)C(F)(F)F. The average Bonchev–Trinajstić information content (AvgIpc) is 2.91. The summed E-state index contributed by atoms with van der Waals surface area (Å²) < 4.78 is 47.9. The number of esters is 1. The molecule has 1 aromatic rings. The number of benzene rings is 1. The van der Waals surface area contributed by atoms with Gasteiger partial charge in [-0.1, -0.05) is 115 Å². The van der Waals surface area contributed by atoms with Gasteiger partial charge in [0.2, 0.25) is 5.76 Å². The van der Waals surface area contributed by atoms with Crippen LogP contribution in [0.3, 0.4) is 0 Å². The number of allylic oxidation sites excluding steroid dienone is 1. The highest BCUT2D eigenvalue weighted by molar-refractivity contribution is 5.91. The maximum Gasteiger partial charge on any atom is 0.438 e. The zero-order valence-electron chi connectivity index (χ0n) is 23.5. The minimum atomic E-state index is -5.18. The monoisotopic (exact) mass is 553 g/mol. The van der Waals surface area contributed by atoms with Gasteiger partial charge in [-0.15, -0.1) is 0 Å². The first-order chi connectivity index (χ1) is 18.8. The second-order valence-electron chi connectivity index (χ2n) is 9.99. The molecule has 1 aromatic carbocycles. The predicted octanol–water partition coefficient (Wildman–Crippen LogP) is 9.66. The molecule has 0 spiro atoms. The van der Waals surface area contributed by atoms with E-state index in [1.807, 2.05) is 0 Å². The summed E-state index contributed by atoms with van der Waals surface area (Å²) in [7, 11) is 0. The Balaban J connectivity index is 2.04. The molecule has 0 radical (unpaired) electrons. The molecule has 0 aromatic heterocycles. The molecular weight excluding hydrogens is 507 g/mol. The highest BCUT2D eigenvalue weighted by atomic mass is 19.4. The first-order valence-corrected chi connectivity index (χ1v) is 14.6. The largest absolute Gasteiger partial charge is 0.515 e. The van der Waals surface area contributed by atoms with Crippen LogP contribution < -0.4 is 4.74 Å². The van der Waals surface area contributed by atoms with Gasteiger partial charge in [-0.05, 0) is 24.1 Å². The lowest BCUT2D eigenvalue weighted by Gasteiger charge is -2.09. The minimum Gasteiger partial charge on any atom is -0.515 e. The van der Waals surface area contributed by atoms with Crippen molar-refractivity contribution in [2.24, 2.45) is 0 Å². The summed E-state index contributed by atoms with van der Waals surface area (Å²) in [6.07, 6.45) is 16.2. The third-order valence-electron chi connectivity index (χ3n) is 6.61. The number of unbranched alkanes of at least 4 members (excludes halogenated alkanes) is 15. The van der Waals surface area contributed by atoms with Crippen molar-refractivity contribution in [1.29, 1.82) is 0 Å². The van der Waals surface area contributed by atoms with Crippen LogP contribution in [0.2, 0.25) is 0 Å². The van der Waals surface area contributed by atoms with Crippen molar-refractivity contribution >= 4 is 5.97 Å². The number of carbonyl (C=O) groups is 1. The van der Waals surface area contributed by atoms with Crippen LogP contribution in [0.5, 0.6) is 5.75 Å². The van der Waals surface area contributed by atoms with Crippen molar-refractivity contribution in [3.63, 3.8) is 0 Å². The Morgan fingerprint density at radius 2 is 1.26 bits per heavy atom. The van der Waals surface area contributed by atoms with E-state index in [-0.39, 0.29) is 13.0 Å². The molecule has 0 unspecified atom stereocenters. The number of hydrogen-bond acceptors (Lipinski definition) is 4. The Labute approximate surface area is 232 Å². The van der Waals surface area contributed by atoms with Crippen molar-refractivity contribution in [3.8, 4) is 5.75 Å². The van der Waals surface area contributed by atoms with Gasteiger partial charge in [-0.25, -0.2) is 4.85 Å². The Bertz CT molecular complexity index is 860. The minimum absolute atomic E-state index is 0.220. The third kappa shape index (κ3) is 16.8. The van der Waals surface area contributed by atoms with Crippen LogP contribution in [0, 0.1) is 6.57 Å². The van der Waals surface area contributed by atoms with E-state index in [1.165, 1.54) is 89.9 Å². The molecule has 0 saturated carbocycles. The number of nitrogens with zero attached hydrogens (tertiary/aromatic N) is 1. The van der Waals surface area contributed by atoms with Crippen LogP contribution >= 0.6 is 0 Å². The molecule has 39 heavy (non-hydrogen) atoms. The number of rotatable bonds is 22. The maximum absolute atomic E-state index is 12.5. The van der Waals surface area contributed by atoms with Gasteiger partial charge >= 0.3 is 17.8 Å². The lowest BCUT2D eigenvalue weighted by Crippen LogP contribution is -2.18. The number of carbonyl (C=O) groups excluding carboxylic acids is 1. The van der Waals surface area contributed by atoms with Gasteiger partial charge in [0.25, 0.3) is 0 Å². The molecule has 0 saturated heterocycles. The molecule has 0 aliphatic heterocycles. The fraction of sp³-hybridized carbons (Fsp3) is 0.677. The van der Waals surface area contributed by atoms with E-state index in [0.717, 1.165) is 24.2 Å². The van der Waals surface area contributed by atoms with Crippen LogP contribution in [0.15, 0.2) is 35.7 Å². The van der Waals surface area contributed by atoms with E-state index in [9.17, 15) is 18.0 Å². The van der Waals surface area contributed by atoms with Crippen LogP contribution in [0.25, 0.3) is 4.85 Å². The number of hydrogen-bond donors (Lipinski definition) is 1. The fourth-order valence-electron chi connectivity index (χ4n) is 4.25. The summed E-state index contributed by atoms with van der Waals surface area (Å²) in [4.78, 5) is 14.1. The molecule has 0 aliphatic carbocycles. The van der Waals surface area contributed by atoms with Crippen molar-refractivity contribution in [3.05, 3.63) is 52.7 Å². The molecule has 0 fully saturated rings. The molecule has 0 aliphatic rings. The Morgan fingerprint density at radius 3 is 1.69 bits per heavy atom. The molecule has 1 rings (SSSR count). The number of aliphatic hydroxyl groups is 1. The lowest BCUT2D eigenvalue weighted by atomic mass is 10.0. The Kier molecular flexibility index (Phi) is 18.6. The van der Waals surface area contributed by atoms with Gasteiger partial charge in [-0.2, -0.15) is 13.2 Å². The zero-order valence-corrected chi connectivity index (χ0v) is 23.5. The second kappa shape index (κ2) is 21.2. The molecule has 0 amide bonds. The summed E-state index contributed by atoms with van der Waals surface area (Å²) >= 11 is 0. The van der Waals surface area contributed by atoms with Crippen molar-refractivity contribution in [2.45, 2.75) is 122 Å². The van der Waals surface area contributed by atoms with Crippen LogP contribution in [-0.2, 0) is 16.0 Å². The average molecular weight is 554 g/mol. The van der Waals surface area contributed by atoms with E-state index >= 15 is 0 Å². The van der Waals surface area contributed by atoms with Gasteiger partial charge in [0.1, 0.15) is 5.75 Å². The molecule has 0 bridgehead atoms. The number of halogens is 3. The van der Waals surface area contributed by atoms with Crippen LogP contribution in [0.4, 0.5) is 13.2 Å². The van der Waals surface area contributed by atoms with Gasteiger partial charge in [0.05, 0.1) is 19.8 Å². The highest BCUT2D eigenvalue weighted by Crippen LogP contribution is 2.27. The van der Waals surface area contributed by atoms with Crippen molar-refractivity contribution in [2.75, 3.05) is 13.2 Å². The van der Waals surface area contributed by atoms with Crippen LogP contribution in [-0.4, -0.2) is 30.5 Å². The third-order valence-corrected chi connectivity index (χ3v) is 6.61. The molecule has 0 heterocycles. The summed E-state index contributed by atoms with van der Waals surface area (Å²) in [5.74, 6) is -3.02. The molecule has 220 valence electrons. The molecular formula is C31H46F3NO4. The highest BCUT2D eigenvalue weighted by Gasteiger charge is 2.39. The van der Waals surface area contributed by atoms with E-state index < -0.39 is 23.6 Å². The Hall–Kier alpha value is -2.69. The van der Waals surface area contributed by atoms with E-state index in [0.29, 0.717) is 6.61 Å². The summed E-state index contributed by atoms with van der Waals surface area (Å²) in [5.41, 5.74) is -0.675. The first kappa shape index (κ1) is 34.3. The lowest BCUT2D eigenvalue weighted by molar-refractivity contribution is -0.142. The van der Waals surface area contributed by atoms with E-state index in [1.54, 1.807) is 24.3 Å². The van der Waals surface area contributed by atoms with E-state index in [4.69, 9.17) is 21.2 Å². The molecule has 8 heteroatoms. The van der Waals surface area contributed by atoms with Gasteiger partial charge in [0.15, 0.2) is 0 Å². The Morgan fingerprint density at radius 1 is 0.795 bits per heavy atom. The first-order valence-electron chi connectivity index (χ1n) is 14.6. The fourth-order valence-corrected chi connectivity index (χ4v) is 4.25. The summed E-state index contributed by atoms with van der Waals surface area (Å²) in [6, 6.07) is 7.16. The van der Waals surface area contributed by atoms with Crippen molar-refractivity contribution < 1.29 is 32.5 Å². The molecule has 5 nitrogen and oxygen atoms in total. The number of alkyl halides is 3. The van der Waals surface area contributed by atoms with Crippen molar-refractivity contribution in [1.82, 2.24) is 0 Å². The zero-order chi connectivity index (χ0) is 28.8. The summed E-state index contributed by atoms with van der Waals surface area (Å²) in [5, 5.41) is 9.00. The molecule has 0 atom stereocenters. The van der Waals surface area contributed by atoms with Crippen LogP contribution in [0.1, 0.15) is 115 Å². The normalized spacial score (nSPS) is 12.1. The maximum atomic E-state index is 12.5. The predicted molar refractivity (Wildman–Crippen MR) is 148 cm³/mol. The summed E-state index contributed by atoms with van der Waals surface area (Å²) in [6.45, 7) is 9.37. The van der Waals surface area contributed by atoms with Gasteiger partial charge < -0.3 is 14.6 Å². The van der Waals surface area contributed by atoms with Gasteiger partial charge in [-0.3, -0.25) is 4.79 Å². The smallest absolute Gasteiger partial charge is 0.438 e. The number of aliphatic hydroxyl groups excluding tert-OH is 1. The topological polar surface area (TPSA) is 60.1 Å². The standard InChI is InChI=1S/C31H46F3NO4/c1-3-4-5-6-7-8-9-10-11-12-13-14-15-16-17-18-24-38-27-21-19-26(20-22-27)23-25-39-30(37)28(35-2)29(36)31(32,33)34/h19-22,36H,3-18,23-25H2,1H3.